The quantitative estimate of drug-likeness (QED) is 0.693. The van der Waals surface area contributed by atoms with Crippen LogP contribution in [0.1, 0.15) is 19.8 Å². The Kier molecular flexibility index (Phi) is 3.11. The molecular weight excluding hydrogens is 196 g/mol. The third-order valence-electron chi connectivity index (χ3n) is 2.85. The maximum Gasteiger partial charge on any atom is 0.317 e. The monoisotopic (exact) mass is 214 g/mol. The van der Waals surface area contributed by atoms with Crippen LogP contribution in [-0.4, -0.2) is 49.6 Å². The molecule has 86 valence electrons. The molecular formula is C10H18N2O3. The van der Waals surface area contributed by atoms with Crippen molar-refractivity contribution in [2.75, 3.05) is 32.8 Å². The Hall–Kier alpha value is -0.810. The molecule has 2 rings (SSSR count). The van der Waals surface area contributed by atoms with Crippen LogP contribution < -0.4 is 5.32 Å². The molecule has 2 fully saturated rings. The van der Waals surface area contributed by atoms with Gasteiger partial charge in [-0.1, -0.05) is 0 Å². The van der Waals surface area contributed by atoms with Gasteiger partial charge < -0.3 is 19.7 Å². The first-order chi connectivity index (χ1) is 7.26. The summed E-state index contributed by atoms with van der Waals surface area (Å²) in [5, 5.41) is 2.80. The first-order valence-electron chi connectivity index (χ1n) is 5.56. The molecule has 1 spiro atoms. The maximum atomic E-state index is 11.6. The number of nitrogens with one attached hydrogen (secondary N) is 1. The summed E-state index contributed by atoms with van der Waals surface area (Å²) >= 11 is 0. The van der Waals surface area contributed by atoms with E-state index in [9.17, 15) is 4.79 Å². The van der Waals surface area contributed by atoms with Crippen LogP contribution in [0.4, 0.5) is 4.79 Å². The molecule has 0 bridgehead atoms. The van der Waals surface area contributed by atoms with Crippen molar-refractivity contribution in [3.05, 3.63) is 0 Å². The number of hydrogen-bond donors (Lipinski definition) is 1. The normalized spacial score (nSPS) is 24.5. The van der Waals surface area contributed by atoms with Crippen molar-refractivity contribution in [1.29, 1.82) is 0 Å². The number of piperidine rings is 1. The maximum absolute atomic E-state index is 11.6. The fourth-order valence-corrected chi connectivity index (χ4v) is 2.16. The van der Waals surface area contributed by atoms with E-state index in [1.165, 1.54) is 0 Å². The minimum Gasteiger partial charge on any atom is -0.346 e. The predicted octanol–water partition coefficient (Wildman–Crippen LogP) is 0.555. The first-order valence-corrected chi connectivity index (χ1v) is 5.56. The summed E-state index contributed by atoms with van der Waals surface area (Å²) in [4.78, 5) is 13.4. The predicted molar refractivity (Wildman–Crippen MR) is 54.5 cm³/mol. The highest BCUT2D eigenvalue weighted by atomic mass is 16.7. The molecule has 0 saturated carbocycles. The van der Waals surface area contributed by atoms with Crippen molar-refractivity contribution in [3.63, 3.8) is 0 Å². The van der Waals surface area contributed by atoms with Gasteiger partial charge in [0.05, 0.1) is 19.8 Å². The van der Waals surface area contributed by atoms with Crippen LogP contribution in [0.2, 0.25) is 0 Å². The number of rotatable bonds is 1. The van der Waals surface area contributed by atoms with Crippen LogP contribution in [0.3, 0.4) is 0 Å². The van der Waals surface area contributed by atoms with Gasteiger partial charge in [0.15, 0.2) is 5.79 Å². The van der Waals surface area contributed by atoms with Gasteiger partial charge in [-0.05, 0) is 13.3 Å². The molecule has 0 aromatic heterocycles. The van der Waals surface area contributed by atoms with Crippen LogP contribution in [0, 0.1) is 0 Å². The number of urea groups is 1. The largest absolute Gasteiger partial charge is 0.346 e. The highest BCUT2D eigenvalue weighted by Crippen LogP contribution is 2.29. The van der Waals surface area contributed by atoms with Crippen molar-refractivity contribution in [2.45, 2.75) is 25.6 Å². The molecule has 0 aromatic rings. The third kappa shape index (κ3) is 2.23. The molecule has 2 aliphatic heterocycles. The molecule has 2 amide bonds. The second-order valence-corrected chi connectivity index (χ2v) is 3.97. The van der Waals surface area contributed by atoms with E-state index in [1.807, 2.05) is 6.92 Å². The smallest absolute Gasteiger partial charge is 0.317 e. The lowest BCUT2D eigenvalue weighted by Gasteiger charge is -2.38. The van der Waals surface area contributed by atoms with Gasteiger partial charge in [0, 0.05) is 19.5 Å². The average molecular weight is 214 g/mol. The van der Waals surface area contributed by atoms with Crippen molar-refractivity contribution >= 4 is 6.03 Å². The number of amides is 2. The molecule has 2 heterocycles. The molecule has 5 nitrogen and oxygen atoms in total. The molecule has 0 unspecified atom stereocenters. The van der Waals surface area contributed by atoms with Crippen molar-refractivity contribution in [2.24, 2.45) is 0 Å². The van der Waals surface area contributed by atoms with E-state index in [-0.39, 0.29) is 6.03 Å². The van der Waals surface area contributed by atoms with Gasteiger partial charge in [0.1, 0.15) is 0 Å². The lowest BCUT2D eigenvalue weighted by Crippen LogP contribution is -2.53. The van der Waals surface area contributed by atoms with Crippen LogP contribution in [0.25, 0.3) is 0 Å². The zero-order valence-electron chi connectivity index (χ0n) is 9.12. The van der Waals surface area contributed by atoms with Crippen molar-refractivity contribution in [1.82, 2.24) is 10.2 Å². The first kappa shape index (κ1) is 10.7. The lowest BCUT2D eigenvalue weighted by molar-refractivity contribution is -0.182. The molecule has 0 aliphatic carbocycles. The third-order valence-corrected chi connectivity index (χ3v) is 2.85. The Morgan fingerprint density at radius 2 is 2.20 bits per heavy atom. The van der Waals surface area contributed by atoms with E-state index in [2.05, 4.69) is 5.32 Å². The SMILES string of the molecule is CCNC(=O)N1CCCC2(C1)OCCO2. The van der Waals surface area contributed by atoms with Crippen LogP contribution in [0.15, 0.2) is 0 Å². The minimum absolute atomic E-state index is 0.0179. The molecule has 2 aliphatic rings. The lowest BCUT2D eigenvalue weighted by atomic mass is 10.1. The van der Waals surface area contributed by atoms with E-state index in [0.717, 1.165) is 19.4 Å². The van der Waals surface area contributed by atoms with E-state index < -0.39 is 5.79 Å². The summed E-state index contributed by atoms with van der Waals surface area (Å²) in [5.41, 5.74) is 0. The second-order valence-electron chi connectivity index (χ2n) is 3.97. The Balaban J connectivity index is 1.94. The van der Waals surface area contributed by atoms with Crippen molar-refractivity contribution in [3.8, 4) is 0 Å². The summed E-state index contributed by atoms with van der Waals surface area (Å²) in [6.07, 6.45) is 1.83. The summed E-state index contributed by atoms with van der Waals surface area (Å²) in [7, 11) is 0. The Morgan fingerprint density at radius 3 is 2.87 bits per heavy atom. The Morgan fingerprint density at radius 1 is 1.47 bits per heavy atom. The molecule has 0 aromatic carbocycles. The summed E-state index contributed by atoms with van der Waals surface area (Å²) in [6, 6.07) is -0.0179. The van der Waals surface area contributed by atoms with Gasteiger partial charge in [-0.25, -0.2) is 4.79 Å². The number of likely N-dealkylation sites (tertiary alicyclic amines) is 1. The molecule has 0 atom stereocenters. The molecule has 15 heavy (non-hydrogen) atoms. The summed E-state index contributed by atoms with van der Waals surface area (Å²) < 4.78 is 11.2. The van der Waals surface area contributed by atoms with E-state index >= 15 is 0 Å². The van der Waals surface area contributed by atoms with Gasteiger partial charge >= 0.3 is 6.03 Å². The van der Waals surface area contributed by atoms with Gasteiger partial charge in [-0.3, -0.25) is 0 Å². The highest BCUT2D eigenvalue weighted by molar-refractivity contribution is 5.74. The zero-order chi connectivity index (χ0) is 10.7. The number of hydrogen-bond acceptors (Lipinski definition) is 3. The number of ether oxygens (including phenoxy) is 2. The second kappa shape index (κ2) is 4.37. The van der Waals surface area contributed by atoms with E-state index in [1.54, 1.807) is 4.90 Å². The standard InChI is InChI=1S/C10H18N2O3/c1-2-11-9(13)12-5-3-4-10(8-12)14-6-7-15-10/h2-8H2,1H3,(H,11,13). The van der Waals surface area contributed by atoms with Gasteiger partial charge in [-0.15, -0.1) is 0 Å². The topological polar surface area (TPSA) is 50.8 Å². The van der Waals surface area contributed by atoms with Crippen LogP contribution >= 0.6 is 0 Å². The van der Waals surface area contributed by atoms with Gasteiger partial charge in [-0.2, -0.15) is 0 Å². The van der Waals surface area contributed by atoms with E-state index in [4.69, 9.17) is 9.47 Å². The van der Waals surface area contributed by atoms with Gasteiger partial charge in [0.25, 0.3) is 0 Å². The molecule has 0 radical (unpaired) electrons. The number of nitrogens with zero attached hydrogens (tertiary/aromatic N) is 1. The fourth-order valence-electron chi connectivity index (χ4n) is 2.16. The average Bonchev–Trinajstić information content (AvgIpc) is 2.67. The Bertz CT molecular complexity index is 239. The Labute approximate surface area is 89.7 Å². The molecule has 5 heteroatoms. The highest BCUT2D eigenvalue weighted by Gasteiger charge is 2.41. The van der Waals surface area contributed by atoms with Gasteiger partial charge in [0.2, 0.25) is 0 Å². The molecule has 2 saturated heterocycles. The fraction of sp³-hybridized carbons (Fsp3) is 0.900. The summed E-state index contributed by atoms with van der Waals surface area (Å²) in [5.74, 6) is -0.511. The molecule has 1 N–H and O–H groups in total. The van der Waals surface area contributed by atoms with Crippen LogP contribution in [0.5, 0.6) is 0 Å². The van der Waals surface area contributed by atoms with Crippen molar-refractivity contribution < 1.29 is 14.3 Å². The van der Waals surface area contributed by atoms with Crippen LogP contribution in [-0.2, 0) is 9.47 Å². The number of carbonyl (C=O) groups excluding carboxylic acids is 1. The number of carbonyl (C=O) groups is 1. The zero-order valence-corrected chi connectivity index (χ0v) is 9.12. The minimum atomic E-state index is -0.511. The van der Waals surface area contributed by atoms with E-state index in [0.29, 0.717) is 26.3 Å². The summed E-state index contributed by atoms with van der Waals surface area (Å²) in [6.45, 7) is 5.20.